The molecule has 130 valence electrons. The SMILES string of the molecule is O=CNc1c(O)cc2c(c1O)OC1(O)Cc3cc(O)c(O)cc3C1C2. The molecule has 2 aromatic rings. The molecular weight excluding hydrogens is 330 g/mol. The van der Waals surface area contributed by atoms with Gasteiger partial charge in [-0.15, -0.1) is 0 Å². The van der Waals surface area contributed by atoms with E-state index in [0.717, 1.165) is 0 Å². The highest BCUT2D eigenvalue weighted by Crippen LogP contribution is 2.55. The molecule has 0 aromatic heterocycles. The Kier molecular flexibility index (Phi) is 3.04. The summed E-state index contributed by atoms with van der Waals surface area (Å²) in [5.41, 5.74) is 1.48. The largest absolute Gasteiger partial charge is 0.506 e. The van der Waals surface area contributed by atoms with Gasteiger partial charge < -0.3 is 35.6 Å². The molecule has 2 aromatic carbocycles. The van der Waals surface area contributed by atoms with Crippen molar-refractivity contribution in [3.63, 3.8) is 0 Å². The number of carbonyl (C=O) groups is 1. The lowest BCUT2D eigenvalue weighted by molar-refractivity contribution is -0.155. The Morgan fingerprint density at radius 3 is 2.48 bits per heavy atom. The third-order valence-corrected chi connectivity index (χ3v) is 4.82. The van der Waals surface area contributed by atoms with Crippen molar-refractivity contribution in [1.29, 1.82) is 0 Å². The molecule has 2 aliphatic rings. The van der Waals surface area contributed by atoms with Crippen LogP contribution in [0.4, 0.5) is 5.69 Å². The quantitative estimate of drug-likeness (QED) is 0.353. The Hall–Kier alpha value is -3.13. The van der Waals surface area contributed by atoms with Gasteiger partial charge in [0.15, 0.2) is 23.0 Å². The number of nitrogens with one attached hydrogen (secondary N) is 1. The molecule has 6 N–H and O–H groups in total. The van der Waals surface area contributed by atoms with Gasteiger partial charge >= 0.3 is 0 Å². The average Bonchev–Trinajstić information content (AvgIpc) is 2.82. The van der Waals surface area contributed by atoms with Crippen molar-refractivity contribution in [3.8, 4) is 28.7 Å². The van der Waals surface area contributed by atoms with Gasteiger partial charge in [-0.05, 0) is 35.7 Å². The molecule has 8 heteroatoms. The normalized spacial score (nSPS) is 23.2. The summed E-state index contributed by atoms with van der Waals surface area (Å²) >= 11 is 0. The van der Waals surface area contributed by atoms with Crippen LogP contribution in [0.25, 0.3) is 0 Å². The van der Waals surface area contributed by atoms with Gasteiger partial charge in [0.25, 0.3) is 0 Å². The smallest absolute Gasteiger partial charge is 0.219 e. The Labute approximate surface area is 141 Å². The van der Waals surface area contributed by atoms with Crippen molar-refractivity contribution in [1.82, 2.24) is 0 Å². The first-order valence-electron chi connectivity index (χ1n) is 7.58. The highest BCUT2D eigenvalue weighted by atomic mass is 16.6. The molecule has 1 aliphatic carbocycles. The number of rotatable bonds is 2. The Balaban J connectivity index is 1.83. The molecule has 0 bridgehead atoms. The fourth-order valence-corrected chi connectivity index (χ4v) is 3.68. The molecule has 8 nitrogen and oxygen atoms in total. The summed E-state index contributed by atoms with van der Waals surface area (Å²) in [6.45, 7) is 0. The van der Waals surface area contributed by atoms with Gasteiger partial charge in [0.05, 0.1) is 5.92 Å². The van der Waals surface area contributed by atoms with E-state index in [0.29, 0.717) is 23.1 Å². The van der Waals surface area contributed by atoms with E-state index in [-0.39, 0.29) is 41.5 Å². The monoisotopic (exact) mass is 345 g/mol. The number of fused-ring (bicyclic) bond motifs is 4. The zero-order chi connectivity index (χ0) is 17.9. The third-order valence-electron chi connectivity index (χ3n) is 4.82. The number of benzene rings is 2. The molecule has 25 heavy (non-hydrogen) atoms. The van der Waals surface area contributed by atoms with Crippen LogP contribution in [-0.2, 0) is 17.6 Å². The molecule has 0 saturated heterocycles. The van der Waals surface area contributed by atoms with Crippen molar-refractivity contribution >= 4 is 12.1 Å². The van der Waals surface area contributed by atoms with Crippen molar-refractivity contribution < 1.29 is 35.1 Å². The minimum absolute atomic E-state index is 0.0258. The van der Waals surface area contributed by atoms with E-state index in [2.05, 4.69) is 5.32 Å². The van der Waals surface area contributed by atoms with Gasteiger partial charge in [-0.1, -0.05) is 0 Å². The molecule has 0 saturated carbocycles. The number of hydrogen-bond acceptors (Lipinski definition) is 7. The van der Waals surface area contributed by atoms with Crippen LogP contribution >= 0.6 is 0 Å². The summed E-state index contributed by atoms with van der Waals surface area (Å²) in [6.07, 6.45) is 0.584. The molecule has 2 unspecified atom stereocenters. The van der Waals surface area contributed by atoms with E-state index in [9.17, 15) is 30.3 Å². The molecular formula is C17H15NO7. The first-order chi connectivity index (χ1) is 11.8. The molecule has 1 aliphatic heterocycles. The van der Waals surface area contributed by atoms with Gasteiger partial charge in [-0.25, -0.2) is 0 Å². The molecule has 1 amide bonds. The molecule has 4 rings (SSSR count). The van der Waals surface area contributed by atoms with Gasteiger partial charge in [0.2, 0.25) is 12.2 Å². The number of carbonyl (C=O) groups excluding carboxylic acids is 1. The van der Waals surface area contributed by atoms with Crippen LogP contribution in [0.1, 0.15) is 22.6 Å². The zero-order valence-corrected chi connectivity index (χ0v) is 12.9. The van der Waals surface area contributed by atoms with Crippen LogP contribution in [0.5, 0.6) is 28.7 Å². The predicted octanol–water partition coefficient (Wildman–Crippen LogP) is 1.04. The number of anilines is 1. The Bertz CT molecular complexity index is 911. The number of phenols is 4. The lowest BCUT2D eigenvalue weighted by atomic mass is 9.86. The number of amides is 1. The number of phenolic OH excluding ortho intramolecular Hbond substituents is 4. The molecule has 1 heterocycles. The lowest BCUT2D eigenvalue weighted by Crippen LogP contribution is -2.44. The zero-order valence-electron chi connectivity index (χ0n) is 12.9. The second kappa shape index (κ2) is 4.93. The Morgan fingerprint density at radius 2 is 1.76 bits per heavy atom. The van der Waals surface area contributed by atoms with Crippen molar-refractivity contribution in [3.05, 3.63) is 34.9 Å². The first kappa shape index (κ1) is 15.4. The molecule has 0 spiro atoms. The average molecular weight is 345 g/mol. The van der Waals surface area contributed by atoms with E-state index in [1.54, 1.807) is 0 Å². The minimum Gasteiger partial charge on any atom is -0.506 e. The molecule has 2 atom stereocenters. The van der Waals surface area contributed by atoms with Gasteiger partial charge in [-0.2, -0.15) is 0 Å². The minimum atomic E-state index is -1.68. The maximum absolute atomic E-state index is 10.9. The van der Waals surface area contributed by atoms with Crippen LogP contribution < -0.4 is 10.1 Å². The second-order valence-electron chi connectivity index (χ2n) is 6.29. The van der Waals surface area contributed by atoms with Crippen LogP contribution in [0.3, 0.4) is 0 Å². The van der Waals surface area contributed by atoms with Crippen LogP contribution in [0, 0.1) is 0 Å². The van der Waals surface area contributed by atoms with E-state index < -0.39 is 17.5 Å². The summed E-state index contributed by atoms with van der Waals surface area (Å²) in [5.74, 6) is -3.66. The van der Waals surface area contributed by atoms with Gasteiger partial charge in [0.1, 0.15) is 11.4 Å². The lowest BCUT2D eigenvalue weighted by Gasteiger charge is -2.37. The van der Waals surface area contributed by atoms with E-state index in [1.807, 2.05) is 0 Å². The van der Waals surface area contributed by atoms with Crippen LogP contribution in [0.2, 0.25) is 0 Å². The van der Waals surface area contributed by atoms with Gasteiger partial charge in [-0.3, -0.25) is 4.79 Å². The van der Waals surface area contributed by atoms with Crippen LogP contribution in [-0.4, -0.2) is 37.7 Å². The van der Waals surface area contributed by atoms with Crippen molar-refractivity contribution in [2.45, 2.75) is 24.5 Å². The summed E-state index contributed by atoms with van der Waals surface area (Å²) < 4.78 is 5.65. The second-order valence-corrected chi connectivity index (χ2v) is 6.29. The highest BCUT2D eigenvalue weighted by Gasteiger charge is 2.51. The van der Waals surface area contributed by atoms with E-state index in [1.165, 1.54) is 18.2 Å². The van der Waals surface area contributed by atoms with E-state index in [4.69, 9.17) is 4.74 Å². The van der Waals surface area contributed by atoms with Crippen LogP contribution in [0.15, 0.2) is 18.2 Å². The summed E-state index contributed by atoms with van der Waals surface area (Å²) in [4.78, 5) is 10.6. The molecule has 0 radical (unpaired) electrons. The van der Waals surface area contributed by atoms with Crippen molar-refractivity contribution in [2.75, 3.05) is 5.32 Å². The first-order valence-corrected chi connectivity index (χ1v) is 7.58. The summed E-state index contributed by atoms with van der Waals surface area (Å²) in [7, 11) is 0. The summed E-state index contributed by atoms with van der Waals surface area (Å²) in [6, 6.07) is 4.09. The number of ether oxygens (including phenoxy) is 1. The standard InChI is InChI=1S/C17H15NO7/c19-6-18-14-13(22)2-7-1-10-9-4-12(21)11(20)3-8(9)5-17(10,24)25-16(7)15(14)23/h2-4,6,10,20-24H,1,5H2,(H,18,19). The highest BCUT2D eigenvalue weighted by molar-refractivity contribution is 5.83. The number of aliphatic hydroxyl groups is 1. The van der Waals surface area contributed by atoms with Gasteiger partial charge in [0, 0.05) is 12.0 Å². The van der Waals surface area contributed by atoms with Crippen molar-refractivity contribution in [2.24, 2.45) is 0 Å². The predicted molar refractivity (Wildman–Crippen MR) is 85.0 cm³/mol. The van der Waals surface area contributed by atoms with E-state index >= 15 is 0 Å². The topological polar surface area (TPSA) is 139 Å². The third kappa shape index (κ3) is 2.07. The summed E-state index contributed by atoms with van der Waals surface area (Å²) in [5, 5.41) is 52.8. The maximum Gasteiger partial charge on any atom is 0.219 e. The maximum atomic E-state index is 10.9. The number of aromatic hydroxyl groups is 4. The molecule has 0 fully saturated rings. The fraction of sp³-hybridized carbons (Fsp3) is 0.235. The Morgan fingerprint density at radius 1 is 1.08 bits per heavy atom. The number of hydrogen-bond donors (Lipinski definition) is 6. The fourth-order valence-electron chi connectivity index (χ4n) is 3.68.